The lowest BCUT2D eigenvalue weighted by Gasteiger charge is -2.39. The van der Waals surface area contributed by atoms with Crippen LogP contribution in [0.2, 0.25) is 0 Å². The quantitative estimate of drug-likeness (QED) is 0.818. The van der Waals surface area contributed by atoms with Gasteiger partial charge in [0, 0.05) is 25.3 Å². The molecule has 1 aliphatic rings. The second kappa shape index (κ2) is 7.20. The van der Waals surface area contributed by atoms with Crippen LogP contribution in [0, 0.1) is 5.82 Å². The molecular formula is C22H27FN2O. The van der Waals surface area contributed by atoms with E-state index in [1.54, 1.807) is 12.1 Å². The maximum Gasteiger partial charge on any atom is 0.244 e. The number of rotatable bonds is 3. The zero-order valence-corrected chi connectivity index (χ0v) is 16.0. The molecule has 0 bridgehead atoms. The summed E-state index contributed by atoms with van der Waals surface area (Å²) in [6, 6.07) is 14.6. The zero-order valence-electron chi connectivity index (χ0n) is 16.0. The lowest BCUT2D eigenvalue weighted by molar-refractivity contribution is -0.125. The van der Waals surface area contributed by atoms with Gasteiger partial charge >= 0.3 is 0 Å². The monoisotopic (exact) mass is 354 g/mol. The van der Waals surface area contributed by atoms with Crippen LogP contribution < -0.4 is 4.90 Å². The Balaban J connectivity index is 1.70. The molecule has 138 valence electrons. The lowest BCUT2D eigenvalue weighted by atomic mass is 9.87. The highest BCUT2D eigenvalue weighted by atomic mass is 19.1. The van der Waals surface area contributed by atoms with Crippen LogP contribution in [0.3, 0.4) is 0 Å². The number of hydrogen-bond acceptors (Lipinski definition) is 2. The molecule has 1 atom stereocenters. The molecule has 2 aromatic carbocycles. The Morgan fingerprint density at radius 2 is 1.62 bits per heavy atom. The van der Waals surface area contributed by atoms with Crippen LogP contribution in [0.1, 0.15) is 38.8 Å². The Morgan fingerprint density at radius 1 is 1.00 bits per heavy atom. The highest BCUT2D eigenvalue weighted by Gasteiger charge is 2.32. The van der Waals surface area contributed by atoms with Gasteiger partial charge in [0.05, 0.1) is 6.04 Å². The summed E-state index contributed by atoms with van der Waals surface area (Å²) in [5.74, 6) is -0.122. The molecule has 1 aliphatic heterocycles. The molecule has 0 radical (unpaired) electrons. The van der Waals surface area contributed by atoms with E-state index in [1.165, 1.54) is 17.7 Å². The molecule has 1 saturated heterocycles. The van der Waals surface area contributed by atoms with Crippen LogP contribution in [-0.2, 0) is 16.8 Å². The molecular weight excluding hydrogens is 327 g/mol. The number of piperazine rings is 1. The van der Waals surface area contributed by atoms with E-state index in [9.17, 15) is 9.18 Å². The first kappa shape index (κ1) is 18.6. The van der Waals surface area contributed by atoms with Crippen LogP contribution in [0.5, 0.6) is 0 Å². The largest absolute Gasteiger partial charge is 0.310 e. The maximum absolute atomic E-state index is 13.1. The van der Waals surface area contributed by atoms with Gasteiger partial charge in [-0.25, -0.2) is 4.39 Å². The Hall–Kier alpha value is -2.20. The maximum atomic E-state index is 13.1. The molecule has 0 saturated carbocycles. The first-order valence-electron chi connectivity index (χ1n) is 9.16. The smallest absolute Gasteiger partial charge is 0.244 e. The van der Waals surface area contributed by atoms with Gasteiger partial charge in [0.1, 0.15) is 5.82 Å². The molecule has 0 N–H and O–H groups in total. The number of amides is 1. The van der Waals surface area contributed by atoms with E-state index in [-0.39, 0.29) is 23.2 Å². The topological polar surface area (TPSA) is 23.6 Å². The van der Waals surface area contributed by atoms with Gasteiger partial charge in [-0.1, -0.05) is 45.0 Å². The van der Waals surface area contributed by atoms with Gasteiger partial charge in [0.15, 0.2) is 0 Å². The molecule has 1 amide bonds. The normalized spacial score (nSPS) is 19.0. The lowest BCUT2D eigenvalue weighted by Crippen LogP contribution is -2.55. The van der Waals surface area contributed by atoms with Gasteiger partial charge in [-0.05, 0) is 47.7 Å². The van der Waals surface area contributed by atoms with Crippen molar-refractivity contribution < 1.29 is 9.18 Å². The Kier molecular flexibility index (Phi) is 5.15. The average Bonchev–Trinajstić information content (AvgIpc) is 2.60. The summed E-state index contributed by atoms with van der Waals surface area (Å²) in [4.78, 5) is 16.9. The number of anilines is 1. The second-order valence-corrected chi connectivity index (χ2v) is 8.06. The summed E-state index contributed by atoms with van der Waals surface area (Å²) in [5.41, 5.74) is 3.34. The van der Waals surface area contributed by atoms with Crippen molar-refractivity contribution in [2.45, 2.75) is 45.7 Å². The van der Waals surface area contributed by atoms with Crippen molar-refractivity contribution in [3.05, 3.63) is 65.5 Å². The molecule has 0 unspecified atom stereocenters. The number of carbonyl (C=O) groups excluding carboxylic acids is 1. The predicted octanol–water partition coefficient (Wildman–Crippen LogP) is 4.36. The minimum Gasteiger partial charge on any atom is -0.310 e. The van der Waals surface area contributed by atoms with Crippen LogP contribution in [0.4, 0.5) is 10.1 Å². The molecule has 1 heterocycles. The van der Waals surface area contributed by atoms with E-state index in [0.29, 0.717) is 13.1 Å². The van der Waals surface area contributed by atoms with Gasteiger partial charge < -0.3 is 4.90 Å². The molecule has 0 aromatic heterocycles. The summed E-state index contributed by atoms with van der Waals surface area (Å²) in [5, 5.41) is 0. The zero-order chi connectivity index (χ0) is 18.9. The Labute approximate surface area is 155 Å². The van der Waals surface area contributed by atoms with E-state index in [2.05, 4.69) is 37.8 Å². The summed E-state index contributed by atoms with van der Waals surface area (Å²) in [6.07, 6.45) is 0. The summed E-state index contributed by atoms with van der Waals surface area (Å²) in [7, 11) is 0. The third kappa shape index (κ3) is 3.96. The van der Waals surface area contributed by atoms with Crippen molar-refractivity contribution in [3.8, 4) is 0 Å². The van der Waals surface area contributed by atoms with Crippen molar-refractivity contribution in [1.29, 1.82) is 0 Å². The van der Waals surface area contributed by atoms with Gasteiger partial charge in [-0.3, -0.25) is 9.69 Å². The number of hydrogen-bond donors (Lipinski definition) is 0. The molecule has 1 fully saturated rings. The van der Waals surface area contributed by atoms with Crippen LogP contribution in [-0.4, -0.2) is 29.9 Å². The number of benzene rings is 2. The standard InChI is InChI=1S/C22H27FN2O/c1-16-21(26)25(20-11-7-18(8-12-20)22(2,3)4)14-13-24(16)15-17-5-9-19(23)10-6-17/h5-12,16H,13-15H2,1-4H3/t16-/m0/s1. The Morgan fingerprint density at radius 3 is 2.19 bits per heavy atom. The van der Waals surface area contributed by atoms with Gasteiger partial charge in [-0.2, -0.15) is 0 Å². The summed E-state index contributed by atoms with van der Waals surface area (Å²) in [6.45, 7) is 10.6. The SMILES string of the molecule is C[C@H]1C(=O)N(c2ccc(C(C)(C)C)cc2)CCN1Cc1ccc(F)cc1. The van der Waals surface area contributed by atoms with Gasteiger partial charge in [-0.15, -0.1) is 0 Å². The van der Waals surface area contributed by atoms with Crippen molar-refractivity contribution in [2.24, 2.45) is 0 Å². The molecule has 0 aliphatic carbocycles. The van der Waals surface area contributed by atoms with Gasteiger partial charge in [0.25, 0.3) is 0 Å². The van der Waals surface area contributed by atoms with E-state index in [1.807, 2.05) is 24.0 Å². The molecule has 4 heteroatoms. The average molecular weight is 354 g/mol. The summed E-state index contributed by atoms with van der Waals surface area (Å²) < 4.78 is 13.1. The Bertz CT molecular complexity index is 762. The number of nitrogens with zero attached hydrogens (tertiary/aromatic N) is 2. The first-order valence-corrected chi connectivity index (χ1v) is 9.16. The van der Waals surface area contributed by atoms with Crippen molar-refractivity contribution in [1.82, 2.24) is 4.90 Å². The fourth-order valence-electron chi connectivity index (χ4n) is 3.35. The molecule has 26 heavy (non-hydrogen) atoms. The highest BCUT2D eigenvalue weighted by Crippen LogP contribution is 2.27. The number of halogens is 1. The molecule has 3 rings (SSSR count). The van der Waals surface area contributed by atoms with Crippen molar-refractivity contribution >= 4 is 11.6 Å². The van der Waals surface area contributed by atoms with E-state index in [0.717, 1.165) is 17.8 Å². The van der Waals surface area contributed by atoms with E-state index >= 15 is 0 Å². The molecule has 2 aromatic rings. The minimum absolute atomic E-state index is 0.101. The second-order valence-electron chi connectivity index (χ2n) is 8.06. The van der Waals surface area contributed by atoms with Gasteiger partial charge in [0.2, 0.25) is 5.91 Å². The van der Waals surface area contributed by atoms with E-state index in [4.69, 9.17) is 0 Å². The van der Waals surface area contributed by atoms with Crippen molar-refractivity contribution in [2.75, 3.05) is 18.0 Å². The van der Waals surface area contributed by atoms with Crippen molar-refractivity contribution in [3.63, 3.8) is 0 Å². The van der Waals surface area contributed by atoms with Crippen LogP contribution >= 0.6 is 0 Å². The third-order valence-electron chi connectivity index (χ3n) is 5.13. The third-order valence-corrected chi connectivity index (χ3v) is 5.13. The predicted molar refractivity (Wildman–Crippen MR) is 104 cm³/mol. The first-order chi connectivity index (χ1) is 12.3. The summed E-state index contributed by atoms with van der Waals surface area (Å²) >= 11 is 0. The van der Waals surface area contributed by atoms with E-state index < -0.39 is 0 Å². The fourth-order valence-corrected chi connectivity index (χ4v) is 3.35. The highest BCUT2D eigenvalue weighted by molar-refractivity contribution is 5.97. The number of carbonyl (C=O) groups is 1. The van der Waals surface area contributed by atoms with Crippen LogP contribution in [0.25, 0.3) is 0 Å². The molecule has 3 nitrogen and oxygen atoms in total. The molecule has 0 spiro atoms. The fraction of sp³-hybridized carbons (Fsp3) is 0.409. The van der Waals surface area contributed by atoms with Crippen LogP contribution in [0.15, 0.2) is 48.5 Å². The minimum atomic E-state index is -0.235.